The molecule has 0 spiro atoms. The quantitative estimate of drug-likeness (QED) is 0.382. The van der Waals surface area contributed by atoms with Crippen molar-refractivity contribution >= 4 is 73.9 Å². The van der Waals surface area contributed by atoms with Crippen LogP contribution in [0.4, 0.5) is 5.69 Å². The minimum atomic E-state index is -3.90. The lowest BCUT2D eigenvalue weighted by atomic mass is 9.95. The number of nitrogens with zero attached hydrogens (tertiary/aromatic N) is 2. The molecule has 1 N–H and O–H groups in total. The van der Waals surface area contributed by atoms with Gasteiger partial charge in [0.25, 0.3) is 0 Å². The van der Waals surface area contributed by atoms with E-state index in [1.54, 1.807) is 25.1 Å². The zero-order valence-electron chi connectivity index (χ0n) is 20.5. The first-order valence-corrected chi connectivity index (χ1v) is 15.2. The van der Waals surface area contributed by atoms with E-state index in [2.05, 4.69) is 5.32 Å². The van der Waals surface area contributed by atoms with Crippen LogP contribution in [0.25, 0.3) is 0 Å². The van der Waals surface area contributed by atoms with E-state index in [0.717, 1.165) is 42.7 Å². The van der Waals surface area contributed by atoms with Gasteiger partial charge in [0.1, 0.15) is 12.6 Å². The summed E-state index contributed by atoms with van der Waals surface area (Å²) >= 11 is 24.4. The molecule has 7 nitrogen and oxygen atoms in total. The number of carbonyl (C=O) groups is 2. The zero-order chi connectivity index (χ0) is 27.3. The third-order valence-corrected chi connectivity index (χ3v) is 8.59. The summed E-state index contributed by atoms with van der Waals surface area (Å²) in [5, 5.41) is 4.14. The molecule has 1 atom stereocenters. The molecule has 0 aliphatic heterocycles. The van der Waals surface area contributed by atoms with Crippen LogP contribution in [0.15, 0.2) is 36.4 Å². The highest BCUT2D eigenvalue weighted by Gasteiger charge is 2.31. The van der Waals surface area contributed by atoms with Crippen molar-refractivity contribution in [2.75, 3.05) is 17.1 Å². The van der Waals surface area contributed by atoms with Gasteiger partial charge in [0.15, 0.2) is 0 Å². The average molecular weight is 609 g/mol. The van der Waals surface area contributed by atoms with E-state index in [1.807, 2.05) is 0 Å². The molecule has 1 saturated carbocycles. The summed E-state index contributed by atoms with van der Waals surface area (Å²) in [6.45, 7) is 1.08. The van der Waals surface area contributed by atoms with Crippen molar-refractivity contribution in [2.45, 2.75) is 57.7 Å². The summed E-state index contributed by atoms with van der Waals surface area (Å²) in [6.07, 6.45) is 5.97. The van der Waals surface area contributed by atoms with Crippen molar-refractivity contribution in [2.24, 2.45) is 0 Å². The van der Waals surface area contributed by atoms with Gasteiger partial charge in [-0.1, -0.05) is 71.7 Å². The first-order chi connectivity index (χ1) is 17.3. The lowest BCUT2D eigenvalue weighted by Crippen LogP contribution is -2.53. The van der Waals surface area contributed by atoms with E-state index < -0.39 is 28.5 Å². The molecule has 3 rings (SSSR count). The standard InChI is InChI=1S/C25H29Cl4N3O4S/c1-16(25(34)30-20-6-4-3-5-7-20)31(14-17-8-9-22(28)23(29)10-17)24(33)15-32(37(2,35)36)21-12-18(26)11-19(27)13-21/h8-13,16,20H,3-7,14-15H2,1-2H3,(H,30,34)/t16-/m0/s1. The second-order valence-electron chi connectivity index (χ2n) is 9.19. The number of rotatable bonds is 9. The SMILES string of the molecule is C[C@@H](C(=O)NC1CCCCC1)N(Cc1ccc(Cl)c(Cl)c1)C(=O)CN(c1cc(Cl)cc(Cl)c1)S(C)(=O)=O. The van der Waals surface area contributed by atoms with Crippen LogP contribution in [0.5, 0.6) is 0 Å². The molecule has 2 amide bonds. The maximum Gasteiger partial charge on any atom is 0.244 e. The highest BCUT2D eigenvalue weighted by atomic mass is 35.5. The van der Waals surface area contributed by atoms with E-state index in [4.69, 9.17) is 46.4 Å². The molecule has 1 aliphatic carbocycles. The second-order valence-corrected chi connectivity index (χ2v) is 12.8. The van der Waals surface area contributed by atoms with Gasteiger partial charge in [-0.25, -0.2) is 8.42 Å². The van der Waals surface area contributed by atoms with Crippen LogP contribution in [-0.2, 0) is 26.2 Å². The van der Waals surface area contributed by atoms with Crippen molar-refractivity contribution in [3.05, 3.63) is 62.1 Å². The van der Waals surface area contributed by atoms with Crippen LogP contribution in [0, 0.1) is 0 Å². The number of anilines is 1. The average Bonchev–Trinajstić information content (AvgIpc) is 2.81. The summed E-state index contributed by atoms with van der Waals surface area (Å²) < 4.78 is 26.3. The minimum absolute atomic E-state index is 0.0167. The molecular formula is C25H29Cl4N3O4S. The van der Waals surface area contributed by atoms with Crippen molar-refractivity contribution in [1.82, 2.24) is 10.2 Å². The molecule has 0 aromatic heterocycles. The van der Waals surface area contributed by atoms with E-state index >= 15 is 0 Å². The predicted octanol–water partition coefficient (Wildman–Crippen LogP) is 5.93. The van der Waals surface area contributed by atoms with E-state index in [1.165, 1.54) is 23.1 Å². The lowest BCUT2D eigenvalue weighted by molar-refractivity contribution is -0.139. The van der Waals surface area contributed by atoms with Crippen LogP contribution in [-0.4, -0.2) is 50.0 Å². The Balaban J connectivity index is 1.91. The summed E-state index contributed by atoms with van der Waals surface area (Å²) in [5.74, 6) is -0.893. The molecule has 1 fully saturated rings. The Morgan fingerprint density at radius 1 is 0.973 bits per heavy atom. The predicted molar refractivity (Wildman–Crippen MR) is 150 cm³/mol. The van der Waals surface area contributed by atoms with Crippen molar-refractivity contribution in [3.8, 4) is 0 Å². The van der Waals surface area contributed by atoms with Gasteiger partial charge in [0.05, 0.1) is 22.0 Å². The monoisotopic (exact) mass is 607 g/mol. The molecule has 0 bridgehead atoms. The van der Waals surface area contributed by atoms with E-state index in [9.17, 15) is 18.0 Å². The lowest BCUT2D eigenvalue weighted by Gasteiger charge is -2.33. The number of amides is 2. The third-order valence-electron chi connectivity index (χ3n) is 6.27. The highest BCUT2D eigenvalue weighted by molar-refractivity contribution is 7.92. The Hall–Kier alpha value is -1.71. The number of benzene rings is 2. The molecule has 37 heavy (non-hydrogen) atoms. The van der Waals surface area contributed by atoms with Crippen molar-refractivity contribution in [3.63, 3.8) is 0 Å². The summed E-state index contributed by atoms with van der Waals surface area (Å²) in [5.41, 5.74) is 0.777. The molecule has 1 aliphatic rings. The first-order valence-electron chi connectivity index (χ1n) is 11.8. The van der Waals surface area contributed by atoms with Crippen molar-refractivity contribution in [1.29, 1.82) is 0 Å². The Labute approximate surface area is 238 Å². The molecular weight excluding hydrogens is 580 g/mol. The Bertz CT molecular complexity index is 1230. The Kier molecular flexibility index (Phi) is 10.4. The fourth-order valence-electron chi connectivity index (χ4n) is 4.28. The molecule has 0 heterocycles. The summed E-state index contributed by atoms with van der Waals surface area (Å²) in [6, 6.07) is 8.36. The first kappa shape index (κ1) is 29.8. The highest BCUT2D eigenvalue weighted by Crippen LogP contribution is 2.28. The number of hydrogen-bond acceptors (Lipinski definition) is 4. The van der Waals surface area contributed by atoms with Gasteiger partial charge in [-0.15, -0.1) is 0 Å². The van der Waals surface area contributed by atoms with Gasteiger partial charge >= 0.3 is 0 Å². The summed E-state index contributed by atoms with van der Waals surface area (Å²) in [4.78, 5) is 28.2. The Morgan fingerprint density at radius 2 is 1.59 bits per heavy atom. The van der Waals surface area contributed by atoms with Gasteiger partial charge in [-0.2, -0.15) is 0 Å². The van der Waals surface area contributed by atoms with E-state index in [-0.39, 0.29) is 34.2 Å². The molecule has 12 heteroatoms. The third kappa shape index (κ3) is 8.39. The van der Waals surface area contributed by atoms with Crippen molar-refractivity contribution < 1.29 is 18.0 Å². The maximum absolute atomic E-state index is 13.7. The van der Waals surface area contributed by atoms with Gasteiger partial charge in [-0.05, 0) is 55.7 Å². The van der Waals surface area contributed by atoms with Crippen LogP contribution in [0.3, 0.4) is 0 Å². The fourth-order valence-corrected chi connectivity index (χ4v) is 5.95. The number of hydrogen-bond donors (Lipinski definition) is 1. The smallest absolute Gasteiger partial charge is 0.244 e. The zero-order valence-corrected chi connectivity index (χ0v) is 24.4. The molecule has 2 aromatic carbocycles. The van der Waals surface area contributed by atoms with E-state index in [0.29, 0.717) is 15.6 Å². The number of halogens is 4. The molecule has 2 aromatic rings. The van der Waals surface area contributed by atoms with Crippen LogP contribution >= 0.6 is 46.4 Å². The Morgan fingerprint density at radius 3 is 2.16 bits per heavy atom. The van der Waals surface area contributed by atoms with Gasteiger partial charge in [-0.3, -0.25) is 13.9 Å². The van der Waals surface area contributed by atoms with Gasteiger partial charge < -0.3 is 10.2 Å². The molecule has 0 radical (unpaired) electrons. The van der Waals surface area contributed by atoms with Gasteiger partial charge in [0, 0.05) is 22.6 Å². The molecule has 0 saturated heterocycles. The van der Waals surface area contributed by atoms with Gasteiger partial charge in [0.2, 0.25) is 21.8 Å². The maximum atomic E-state index is 13.7. The normalized spacial score (nSPS) is 15.2. The molecule has 0 unspecified atom stereocenters. The minimum Gasteiger partial charge on any atom is -0.352 e. The van der Waals surface area contributed by atoms with Crippen LogP contribution in [0.2, 0.25) is 20.1 Å². The fraction of sp³-hybridized carbons (Fsp3) is 0.440. The summed E-state index contributed by atoms with van der Waals surface area (Å²) in [7, 11) is -3.90. The van der Waals surface area contributed by atoms with Crippen LogP contribution < -0.4 is 9.62 Å². The van der Waals surface area contributed by atoms with Crippen LogP contribution in [0.1, 0.15) is 44.6 Å². The largest absolute Gasteiger partial charge is 0.352 e. The topological polar surface area (TPSA) is 86.8 Å². The number of sulfonamides is 1. The number of carbonyl (C=O) groups excluding carboxylic acids is 2. The molecule has 202 valence electrons. The second kappa shape index (κ2) is 12.9. The number of nitrogens with one attached hydrogen (secondary N) is 1.